The van der Waals surface area contributed by atoms with E-state index in [1.807, 2.05) is 52.9 Å². The Kier molecular flexibility index (Phi) is 4.23. The Bertz CT molecular complexity index is 516. The van der Waals surface area contributed by atoms with Crippen molar-refractivity contribution >= 4 is 34.2 Å². The van der Waals surface area contributed by atoms with Crippen LogP contribution >= 0.6 is 34.2 Å². The van der Waals surface area contributed by atoms with E-state index in [0.29, 0.717) is 15.2 Å². The molecule has 2 rings (SSSR count). The number of ether oxygens (including phenoxy) is 1. The molecular formula is C13H9ClFIO. The van der Waals surface area contributed by atoms with Gasteiger partial charge in [0.2, 0.25) is 0 Å². The molecule has 0 aliphatic rings. The quantitative estimate of drug-likeness (QED) is 0.570. The van der Waals surface area contributed by atoms with Gasteiger partial charge in [0, 0.05) is 11.1 Å². The van der Waals surface area contributed by atoms with Crippen LogP contribution < -0.4 is 4.74 Å². The summed E-state index contributed by atoms with van der Waals surface area (Å²) in [5.74, 6) is -0.184. The van der Waals surface area contributed by atoms with Gasteiger partial charge in [0.25, 0.3) is 0 Å². The largest absolute Gasteiger partial charge is 0.486 e. The van der Waals surface area contributed by atoms with Gasteiger partial charge in [-0.2, -0.15) is 0 Å². The number of hydrogen-bond donors (Lipinski definition) is 0. The Morgan fingerprint density at radius 3 is 2.59 bits per heavy atom. The van der Waals surface area contributed by atoms with Crippen molar-refractivity contribution in [2.24, 2.45) is 0 Å². The van der Waals surface area contributed by atoms with E-state index in [4.69, 9.17) is 16.3 Å². The van der Waals surface area contributed by atoms with E-state index >= 15 is 0 Å². The zero-order valence-corrected chi connectivity index (χ0v) is 11.7. The first-order valence-electron chi connectivity index (χ1n) is 4.98. The van der Waals surface area contributed by atoms with Gasteiger partial charge >= 0.3 is 0 Å². The Balaban J connectivity index is 2.14. The molecule has 2 aromatic rings. The Hall–Kier alpha value is -0.810. The average molecular weight is 363 g/mol. The molecule has 0 aliphatic heterocycles. The highest BCUT2D eigenvalue weighted by Crippen LogP contribution is 2.27. The molecule has 88 valence electrons. The molecule has 1 nitrogen and oxygen atoms in total. The van der Waals surface area contributed by atoms with E-state index in [1.165, 1.54) is 6.07 Å². The second-order valence-corrected chi connectivity index (χ2v) is 5.07. The molecule has 0 spiro atoms. The lowest BCUT2D eigenvalue weighted by atomic mass is 10.2. The smallest absolute Gasteiger partial charge is 0.178 e. The van der Waals surface area contributed by atoms with Crippen LogP contribution in [0.5, 0.6) is 5.75 Å². The van der Waals surface area contributed by atoms with Crippen LogP contribution in [0, 0.1) is 9.39 Å². The van der Waals surface area contributed by atoms with Gasteiger partial charge in [0.05, 0.1) is 3.57 Å². The lowest BCUT2D eigenvalue weighted by Crippen LogP contribution is -1.98. The van der Waals surface area contributed by atoms with Crippen molar-refractivity contribution in [3.8, 4) is 5.75 Å². The number of rotatable bonds is 3. The fourth-order valence-corrected chi connectivity index (χ4v) is 2.37. The summed E-state index contributed by atoms with van der Waals surface area (Å²) in [6.45, 7) is 0.328. The van der Waals surface area contributed by atoms with Gasteiger partial charge < -0.3 is 4.74 Å². The maximum atomic E-state index is 13.7. The number of benzene rings is 2. The van der Waals surface area contributed by atoms with Gasteiger partial charge in [0.1, 0.15) is 6.61 Å². The SMILES string of the molecule is Fc1c(I)cc(Cl)cc1OCc1ccccc1. The van der Waals surface area contributed by atoms with Crippen LogP contribution in [-0.4, -0.2) is 0 Å². The Labute approximate surface area is 118 Å². The van der Waals surface area contributed by atoms with Gasteiger partial charge in [-0.15, -0.1) is 0 Å². The highest BCUT2D eigenvalue weighted by atomic mass is 127. The molecule has 17 heavy (non-hydrogen) atoms. The standard InChI is InChI=1S/C13H9ClFIO/c14-10-6-11(16)13(15)12(7-10)17-8-9-4-2-1-3-5-9/h1-7H,8H2. The van der Waals surface area contributed by atoms with Crippen molar-refractivity contribution in [2.45, 2.75) is 6.61 Å². The Morgan fingerprint density at radius 1 is 1.18 bits per heavy atom. The first-order valence-corrected chi connectivity index (χ1v) is 6.44. The topological polar surface area (TPSA) is 9.23 Å². The lowest BCUT2D eigenvalue weighted by molar-refractivity contribution is 0.289. The molecule has 0 amide bonds. The molecule has 0 bridgehead atoms. The molecule has 0 N–H and O–H groups in total. The van der Waals surface area contributed by atoms with Crippen LogP contribution in [-0.2, 0) is 6.61 Å². The van der Waals surface area contributed by atoms with Crippen LogP contribution in [0.3, 0.4) is 0 Å². The first-order chi connectivity index (χ1) is 8.16. The van der Waals surface area contributed by atoms with E-state index in [9.17, 15) is 4.39 Å². The summed E-state index contributed by atoms with van der Waals surface area (Å²) >= 11 is 7.74. The molecule has 0 aliphatic carbocycles. The molecule has 4 heteroatoms. The van der Waals surface area contributed by atoms with Crippen LogP contribution in [0.4, 0.5) is 4.39 Å². The molecule has 0 radical (unpaired) electrons. The van der Waals surface area contributed by atoms with Crippen LogP contribution in [0.25, 0.3) is 0 Å². The zero-order valence-electron chi connectivity index (χ0n) is 8.79. The van der Waals surface area contributed by atoms with Crippen molar-refractivity contribution in [2.75, 3.05) is 0 Å². The molecule has 0 unspecified atom stereocenters. The zero-order chi connectivity index (χ0) is 12.3. The summed E-state index contributed by atoms with van der Waals surface area (Å²) in [6.07, 6.45) is 0. The molecule has 0 fully saturated rings. The molecule has 0 saturated carbocycles. The van der Waals surface area contributed by atoms with Gasteiger partial charge in [0.15, 0.2) is 11.6 Å². The fraction of sp³-hybridized carbons (Fsp3) is 0.0769. The predicted octanol–water partition coefficient (Wildman–Crippen LogP) is 4.66. The Morgan fingerprint density at radius 2 is 1.88 bits per heavy atom. The second kappa shape index (κ2) is 5.69. The van der Waals surface area contributed by atoms with Gasteiger partial charge in [-0.1, -0.05) is 41.9 Å². The summed E-state index contributed by atoms with van der Waals surface area (Å²) in [7, 11) is 0. The van der Waals surface area contributed by atoms with Crippen LogP contribution in [0.2, 0.25) is 5.02 Å². The van der Waals surface area contributed by atoms with E-state index in [1.54, 1.807) is 6.07 Å². The highest BCUT2D eigenvalue weighted by Gasteiger charge is 2.09. The molecular weight excluding hydrogens is 353 g/mol. The normalized spacial score (nSPS) is 10.3. The monoisotopic (exact) mass is 362 g/mol. The number of hydrogen-bond acceptors (Lipinski definition) is 1. The van der Waals surface area contributed by atoms with Crippen molar-refractivity contribution in [3.05, 3.63) is 62.4 Å². The van der Waals surface area contributed by atoms with Gasteiger partial charge in [-0.25, -0.2) is 4.39 Å². The minimum absolute atomic E-state index is 0.186. The fourth-order valence-electron chi connectivity index (χ4n) is 1.37. The second-order valence-electron chi connectivity index (χ2n) is 3.47. The maximum Gasteiger partial charge on any atom is 0.178 e. The average Bonchev–Trinajstić information content (AvgIpc) is 2.33. The third kappa shape index (κ3) is 3.33. The van der Waals surface area contributed by atoms with Gasteiger partial charge in [-0.3, -0.25) is 0 Å². The van der Waals surface area contributed by atoms with E-state index < -0.39 is 0 Å². The van der Waals surface area contributed by atoms with E-state index in [2.05, 4.69) is 0 Å². The summed E-state index contributed by atoms with van der Waals surface area (Å²) in [6, 6.07) is 12.6. The third-order valence-electron chi connectivity index (χ3n) is 2.20. The molecule has 2 aromatic carbocycles. The summed E-state index contributed by atoms with van der Waals surface area (Å²) in [5, 5.41) is 0.471. The van der Waals surface area contributed by atoms with Crippen molar-refractivity contribution in [1.29, 1.82) is 0 Å². The summed E-state index contributed by atoms with van der Waals surface area (Å²) in [5.41, 5.74) is 0.988. The van der Waals surface area contributed by atoms with E-state index in [0.717, 1.165) is 5.56 Å². The highest BCUT2D eigenvalue weighted by molar-refractivity contribution is 14.1. The molecule has 0 saturated heterocycles. The minimum Gasteiger partial charge on any atom is -0.486 e. The molecule has 0 heterocycles. The molecule has 0 atom stereocenters. The summed E-state index contributed by atoms with van der Waals surface area (Å²) < 4.78 is 19.6. The molecule has 0 aromatic heterocycles. The van der Waals surface area contributed by atoms with Crippen molar-refractivity contribution in [1.82, 2.24) is 0 Å². The number of halogens is 3. The maximum absolute atomic E-state index is 13.7. The third-order valence-corrected chi connectivity index (χ3v) is 3.20. The summed E-state index contributed by atoms with van der Waals surface area (Å²) in [4.78, 5) is 0. The van der Waals surface area contributed by atoms with E-state index in [-0.39, 0.29) is 11.6 Å². The minimum atomic E-state index is -0.370. The van der Waals surface area contributed by atoms with Crippen molar-refractivity contribution < 1.29 is 9.13 Å². The predicted molar refractivity (Wildman–Crippen MR) is 74.9 cm³/mol. The van der Waals surface area contributed by atoms with Crippen LogP contribution in [0.15, 0.2) is 42.5 Å². The lowest BCUT2D eigenvalue weighted by Gasteiger charge is -2.08. The van der Waals surface area contributed by atoms with Crippen LogP contribution in [0.1, 0.15) is 5.56 Å². The van der Waals surface area contributed by atoms with Crippen molar-refractivity contribution in [3.63, 3.8) is 0 Å². The first kappa shape index (κ1) is 12.6. The van der Waals surface area contributed by atoms with Gasteiger partial charge in [-0.05, 0) is 34.2 Å².